The Morgan fingerprint density at radius 2 is 1.91 bits per heavy atom. The molecule has 6 heteroatoms. The summed E-state index contributed by atoms with van der Waals surface area (Å²) < 4.78 is 0. The van der Waals surface area contributed by atoms with Crippen LogP contribution < -0.4 is 10.2 Å². The molecule has 2 heterocycles. The Labute approximate surface area is 194 Å². The Kier molecular flexibility index (Phi) is 5.77. The van der Waals surface area contributed by atoms with E-state index < -0.39 is 5.97 Å². The molecule has 2 aromatic carbocycles. The third kappa shape index (κ3) is 4.44. The van der Waals surface area contributed by atoms with Crippen LogP contribution >= 0.6 is 0 Å². The van der Waals surface area contributed by atoms with Gasteiger partial charge in [0.15, 0.2) is 0 Å². The summed E-state index contributed by atoms with van der Waals surface area (Å²) in [5.74, 6) is -0.177. The molecular weight excluding hydrogens is 412 g/mol. The van der Waals surface area contributed by atoms with Crippen LogP contribution in [0.25, 0.3) is 0 Å². The molecule has 0 spiro atoms. The number of carboxylic acids is 1. The van der Waals surface area contributed by atoms with Gasteiger partial charge in [-0.25, -0.2) is 4.79 Å². The Bertz CT molecular complexity index is 1160. The van der Waals surface area contributed by atoms with Gasteiger partial charge in [-0.3, -0.25) is 9.88 Å². The highest BCUT2D eigenvalue weighted by atomic mass is 16.4. The summed E-state index contributed by atoms with van der Waals surface area (Å²) in [6, 6.07) is 17.4. The highest BCUT2D eigenvalue weighted by Crippen LogP contribution is 2.41. The fraction of sp³-hybridized carbons (Fsp3) is 0.333. The maximum atomic E-state index is 11.5. The molecule has 33 heavy (non-hydrogen) atoms. The van der Waals surface area contributed by atoms with E-state index in [9.17, 15) is 9.90 Å². The molecule has 1 fully saturated rings. The SMILES string of the molecule is CN(c1ccc(C2CC2)cc1)c1ccc2c(c1)CCN(C)[C@H]2CNc1cnccc1C(=O)O. The third-order valence-corrected chi connectivity index (χ3v) is 7.01. The van der Waals surface area contributed by atoms with Crippen molar-refractivity contribution in [2.45, 2.75) is 31.2 Å². The Hall–Kier alpha value is -3.38. The molecule has 0 radical (unpaired) electrons. The average molecular weight is 443 g/mol. The van der Waals surface area contributed by atoms with Crippen LogP contribution in [0.5, 0.6) is 0 Å². The molecule has 1 atom stereocenters. The smallest absolute Gasteiger partial charge is 0.337 e. The molecule has 0 bridgehead atoms. The number of rotatable bonds is 7. The second kappa shape index (κ2) is 8.87. The number of hydrogen-bond acceptors (Lipinski definition) is 5. The van der Waals surface area contributed by atoms with Gasteiger partial charge in [-0.05, 0) is 79.3 Å². The summed E-state index contributed by atoms with van der Waals surface area (Å²) in [6.45, 7) is 1.58. The van der Waals surface area contributed by atoms with Gasteiger partial charge in [0, 0.05) is 37.7 Å². The third-order valence-electron chi connectivity index (χ3n) is 7.01. The number of nitrogens with zero attached hydrogens (tertiary/aromatic N) is 3. The Morgan fingerprint density at radius 3 is 2.64 bits per heavy atom. The lowest BCUT2D eigenvalue weighted by molar-refractivity contribution is 0.0697. The van der Waals surface area contributed by atoms with Crippen molar-refractivity contribution < 1.29 is 9.90 Å². The number of nitrogens with one attached hydrogen (secondary N) is 1. The zero-order chi connectivity index (χ0) is 22.9. The van der Waals surface area contributed by atoms with Gasteiger partial charge in [-0.15, -0.1) is 0 Å². The van der Waals surface area contributed by atoms with E-state index in [0.717, 1.165) is 18.9 Å². The highest BCUT2D eigenvalue weighted by Gasteiger charge is 2.26. The molecule has 1 saturated carbocycles. The molecule has 0 saturated heterocycles. The molecule has 1 aliphatic carbocycles. The predicted octanol–water partition coefficient (Wildman–Crippen LogP) is 5.07. The minimum atomic E-state index is -0.949. The van der Waals surface area contributed by atoms with Crippen LogP contribution in [-0.4, -0.2) is 48.1 Å². The van der Waals surface area contributed by atoms with Crippen molar-refractivity contribution in [3.05, 3.63) is 83.2 Å². The van der Waals surface area contributed by atoms with Crippen LogP contribution in [-0.2, 0) is 6.42 Å². The number of benzene rings is 2. The van der Waals surface area contributed by atoms with E-state index in [1.165, 1.54) is 53.2 Å². The van der Waals surface area contributed by atoms with Gasteiger partial charge in [-0.2, -0.15) is 0 Å². The minimum absolute atomic E-state index is 0.160. The molecular formula is C27H30N4O2. The van der Waals surface area contributed by atoms with Gasteiger partial charge in [-0.1, -0.05) is 18.2 Å². The number of anilines is 3. The first-order valence-corrected chi connectivity index (χ1v) is 11.6. The largest absolute Gasteiger partial charge is 0.478 e. The molecule has 5 rings (SSSR count). The van der Waals surface area contributed by atoms with E-state index in [1.807, 2.05) is 0 Å². The average Bonchev–Trinajstić information content (AvgIpc) is 3.68. The van der Waals surface area contributed by atoms with E-state index in [-0.39, 0.29) is 11.6 Å². The number of carboxylic acid groups (broad SMARTS) is 1. The second-order valence-electron chi connectivity index (χ2n) is 9.16. The summed E-state index contributed by atoms with van der Waals surface area (Å²) >= 11 is 0. The molecule has 2 N–H and O–H groups in total. The van der Waals surface area contributed by atoms with Crippen LogP contribution in [0.1, 0.15) is 51.8 Å². The number of fused-ring (bicyclic) bond motifs is 1. The van der Waals surface area contributed by atoms with Crippen LogP contribution in [0.3, 0.4) is 0 Å². The first-order valence-electron chi connectivity index (χ1n) is 11.6. The number of likely N-dealkylation sites (N-methyl/N-ethyl adjacent to an activating group) is 1. The van der Waals surface area contributed by atoms with E-state index in [1.54, 1.807) is 6.20 Å². The van der Waals surface area contributed by atoms with Crippen LogP contribution in [0.2, 0.25) is 0 Å². The topological polar surface area (TPSA) is 68.7 Å². The fourth-order valence-corrected chi connectivity index (χ4v) is 4.76. The van der Waals surface area contributed by atoms with Gasteiger partial charge in [0.2, 0.25) is 0 Å². The molecule has 3 aromatic rings. The van der Waals surface area contributed by atoms with Crippen LogP contribution in [0.15, 0.2) is 60.9 Å². The number of carbonyl (C=O) groups is 1. The van der Waals surface area contributed by atoms with E-state index in [4.69, 9.17) is 0 Å². The van der Waals surface area contributed by atoms with Crippen molar-refractivity contribution >= 4 is 23.0 Å². The quantitative estimate of drug-likeness (QED) is 0.533. The van der Waals surface area contributed by atoms with Crippen LogP contribution in [0.4, 0.5) is 17.1 Å². The van der Waals surface area contributed by atoms with Crippen molar-refractivity contribution in [2.24, 2.45) is 0 Å². The van der Waals surface area contributed by atoms with Gasteiger partial charge in [0.25, 0.3) is 0 Å². The first kappa shape index (κ1) is 21.5. The molecule has 6 nitrogen and oxygen atoms in total. The van der Waals surface area contributed by atoms with Crippen molar-refractivity contribution in [2.75, 3.05) is 37.4 Å². The Morgan fingerprint density at radius 1 is 1.15 bits per heavy atom. The van der Waals surface area contributed by atoms with E-state index >= 15 is 0 Å². The van der Waals surface area contributed by atoms with E-state index in [0.29, 0.717) is 12.2 Å². The van der Waals surface area contributed by atoms with Crippen molar-refractivity contribution in [1.29, 1.82) is 0 Å². The maximum Gasteiger partial charge on any atom is 0.337 e. The standard InChI is InChI=1S/C27H30N4O2/c1-30-14-12-20-15-22(31(2)21-7-5-19(6-8-21)18-3-4-18)9-10-23(20)26(30)17-29-25-16-28-13-11-24(25)27(32)33/h5-11,13,15-16,18,26,29H,3-4,12,14,17H2,1-2H3,(H,32,33)/t26-/m0/s1. The molecule has 170 valence electrons. The zero-order valence-electron chi connectivity index (χ0n) is 19.2. The molecule has 0 unspecified atom stereocenters. The monoisotopic (exact) mass is 442 g/mol. The Balaban J connectivity index is 1.34. The molecule has 0 amide bonds. The summed E-state index contributed by atoms with van der Waals surface area (Å²) in [4.78, 5) is 20.2. The summed E-state index contributed by atoms with van der Waals surface area (Å²) in [7, 11) is 4.25. The summed E-state index contributed by atoms with van der Waals surface area (Å²) in [5.41, 5.74) is 7.27. The fourth-order valence-electron chi connectivity index (χ4n) is 4.76. The normalized spacial score (nSPS) is 17.9. The lowest BCUT2D eigenvalue weighted by atomic mass is 9.92. The van der Waals surface area contributed by atoms with Gasteiger partial charge in [0.05, 0.1) is 23.5 Å². The summed E-state index contributed by atoms with van der Waals surface area (Å²) in [5, 5.41) is 12.8. The minimum Gasteiger partial charge on any atom is -0.478 e. The van der Waals surface area contributed by atoms with Crippen molar-refractivity contribution in [1.82, 2.24) is 9.88 Å². The number of pyridine rings is 1. The zero-order valence-corrected chi connectivity index (χ0v) is 19.2. The lowest BCUT2D eigenvalue weighted by Crippen LogP contribution is -2.36. The lowest BCUT2D eigenvalue weighted by Gasteiger charge is -2.36. The van der Waals surface area contributed by atoms with Crippen molar-refractivity contribution in [3.63, 3.8) is 0 Å². The van der Waals surface area contributed by atoms with Crippen LogP contribution in [0, 0.1) is 0 Å². The second-order valence-corrected chi connectivity index (χ2v) is 9.16. The highest BCUT2D eigenvalue weighted by molar-refractivity contribution is 5.93. The molecule has 2 aliphatic rings. The molecule has 1 aromatic heterocycles. The maximum absolute atomic E-state index is 11.5. The van der Waals surface area contributed by atoms with Crippen molar-refractivity contribution in [3.8, 4) is 0 Å². The molecule has 1 aliphatic heterocycles. The summed E-state index contributed by atoms with van der Waals surface area (Å²) in [6.07, 6.45) is 6.73. The number of hydrogen-bond donors (Lipinski definition) is 2. The number of aromatic carboxylic acids is 1. The van der Waals surface area contributed by atoms with Gasteiger partial charge in [0.1, 0.15) is 0 Å². The van der Waals surface area contributed by atoms with Gasteiger partial charge >= 0.3 is 5.97 Å². The van der Waals surface area contributed by atoms with E-state index in [2.05, 4.69) is 76.7 Å². The first-order chi connectivity index (χ1) is 16.0. The van der Waals surface area contributed by atoms with Gasteiger partial charge < -0.3 is 15.3 Å². The number of aromatic nitrogens is 1. The predicted molar refractivity (Wildman–Crippen MR) is 132 cm³/mol.